The number of rotatable bonds is 12. The number of hydrogen-bond donors (Lipinski definition) is 0. The molecule has 0 atom stereocenters. The molecule has 2 rings (SSSR count). The van der Waals surface area contributed by atoms with Crippen LogP contribution in [0.5, 0.6) is 0 Å². The number of hydrogen-bond acceptors (Lipinski definition) is 0. The van der Waals surface area contributed by atoms with Crippen molar-refractivity contribution >= 4 is 50.3 Å². The maximum Gasteiger partial charge on any atom is 0.118 e. The summed E-state index contributed by atoms with van der Waals surface area (Å²) in [5, 5.41) is 5.34. The van der Waals surface area contributed by atoms with Crippen molar-refractivity contribution in [2.24, 2.45) is 0 Å². The molecule has 0 aromatic heterocycles. The van der Waals surface area contributed by atoms with Gasteiger partial charge in [-0.1, -0.05) is 130 Å². The highest BCUT2D eigenvalue weighted by Gasteiger charge is 2.35. The fourth-order valence-corrected chi connectivity index (χ4v) is 10.2. The number of unbranched alkanes of at least 4 members (excludes halogenated alkanes) is 2. The number of aryl methyl sites for hydroxylation is 2. The highest BCUT2D eigenvalue weighted by molar-refractivity contribution is 9.09. The highest BCUT2D eigenvalue weighted by atomic mass is 79.9. The summed E-state index contributed by atoms with van der Waals surface area (Å²) in [6.07, 6.45) is 7.46. The maximum atomic E-state index is 3.57. The summed E-state index contributed by atoms with van der Waals surface area (Å²) in [4.78, 5) is 0. The fraction of sp³-hybridized carbons (Fsp3) is 0.500. The molecule has 148 valence electrons. The molecular formula is C24H34Br2Si. The summed E-state index contributed by atoms with van der Waals surface area (Å²) >= 11 is 7.15. The third-order valence-corrected chi connectivity index (χ3v) is 11.8. The molecule has 0 nitrogen and oxygen atoms in total. The topological polar surface area (TPSA) is 0 Å². The lowest BCUT2D eigenvalue weighted by molar-refractivity contribution is 0.838. The van der Waals surface area contributed by atoms with E-state index in [4.69, 9.17) is 0 Å². The van der Waals surface area contributed by atoms with Gasteiger partial charge in [-0.25, -0.2) is 0 Å². The van der Waals surface area contributed by atoms with Gasteiger partial charge in [0, 0.05) is 10.7 Å². The van der Waals surface area contributed by atoms with Crippen LogP contribution >= 0.6 is 31.9 Å². The average molecular weight is 510 g/mol. The molecule has 0 radical (unpaired) electrons. The second-order valence-corrected chi connectivity index (χ2v) is 13.5. The van der Waals surface area contributed by atoms with Gasteiger partial charge in [-0.2, -0.15) is 0 Å². The largest absolute Gasteiger partial charge is 0.118 e. The molecule has 0 aliphatic rings. The molecule has 0 aliphatic carbocycles. The van der Waals surface area contributed by atoms with Crippen molar-refractivity contribution in [3.63, 3.8) is 0 Å². The van der Waals surface area contributed by atoms with Crippen molar-refractivity contribution in [2.45, 2.75) is 64.5 Å². The smallest absolute Gasteiger partial charge is 0.0924 e. The molecule has 0 saturated carbocycles. The SMILES string of the molecule is CCCC[Si](CCCC)(c1ccc(CCBr)cc1)c1ccc(CCBr)cc1. The zero-order valence-corrected chi connectivity index (χ0v) is 21.1. The Hall–Kier alpha value is -0.383. The van der Waals surface area contributed by atoms with Crippen LogP contribution in [-0.4, -0.2) is 18.7 Å². The van der Waals surface area contributed by atoms with Crippen molar-refractivity contribution in [3.8, 4) is 0 Å². The number of alkyl halides is 2. The fourth-order valence-electron chi connectivity index (χ4n) is 4.03. The predicted molar refractivity (Wildman–Crippen MR) is 132 cm³/mol. The maximum absolute atomic E-state index is 3.57. The normalized spacial score (nSPS) is 11.7. The van der Waals surface area contributed by atoms with Gasteiger partial charge in [0.05, 0.1) is 0 Å². The molecule has 0 fully saturated rings. The molecule has 0 aliphatic heterocycles. The Morgan fingerprint density at radius 2 is 1.00 bits per heavy atom. The number of benzene rings is 2. The molecule has 0 N–H and O–H groups in total. The third kappa shape index (κ3) is 6.30. The van der Waals surface area contributed by atoms with Crippen LogP contribution in [0, 0.1) is 0 Å². The van der Waals surface area contributed by atoms with E-state index in [0.29, 0.717) is 0 Å². The lowest BCUT2D eigenvalue weighted by Crippen LogP contribution is -2.58. The van der Waals surface area contributed by atoms with Gasteiger partial charge in [0.1, 0.15) is 8.07 Å². The van der Waals surface area contributed by atoms with Gasteiger partial charge in [-0.15, -0.1) is 0 Å². The predicted octanol–water partition coefficient (Wildman–Crippen LogP) is 6.72. The lowest BCUT2D eigenvalue weighted by Gasteiger charge is -2.34. The van der Waals surface area contributed by atoms with Crippen LogP contribution < -0.4 is 10.4 Å². The van der Waals surface area contributed by atoms with Gasteiger partial charge in [0.25, 0.3) is 0 Å². The molecule has 0 unspecified atom stereocenters. The monoisotopic (exact) mass is 508 g/mol. The van der Waals surface area contributed by atoms with Gasteiger partial charge in [-0.05, 0) is 36.1 Å². The Morgan fingerprint density at radius 1 is 0.630 bits per heavy atom. The quantitative estimate of drug-likeness (QED) is 0.220. The Bertz CT molecular complexity index is 590. The second-order valence-electron chi connectivity index (χ2n) is 7.56. The van der Waals surface area contributed by atoms with Crippen molar-refractivity contribution in [1.82, 2.24) is 0 Å². The van der Waals surface area contributed by atoms with Crippen molar-refractivity contribution in [3.05, 3.63) is 59.7 Å². The Labute approximate surface area is 184 Å². The lowest BCUT2D eigenvalue weighted by atomic mass is 10.2. The van der Waals surface area contributed by atoms with Crippen molar-refractivity contribution in [2.75, 3.05) is 10.7 Å². The molecule has 2 aromatic carbocycles. The highest BCUT2D eigenvalue weighted by Crippen LogP contribution is 2.23. The standard InChI is InChI=1S/C24H34Br2Si/c1-3-5-19-27(20-6-4-2,23-11-7-21(8-12-23)15-17-25)24-13-9-22(10-14-24)16-18-26/h7-14H,3-6,15-20H2,1-2H3. The Kier molecular flexibility index (Phi) is 10.4. The van der Waals surface area contributed by atoms with Crippen LogP contribution in [0.2, 0.25) is 12.1 Å². The van der Waals surface area contributed by atoms with E-state index < -0.39 is 8.07 Å². The first-order valence-electron chi connectivity index (χ1n) is 10.5. The van der Waals surface area contributed by atoms with E-state index in [1.54, 1.807) is 10.4 Å². The van der Waals surface area contributed by atoms with E-state index in [9.17, 15) is 0 Å². The first kappa shape index (κ1) is 22.9. The minimum atomic E-state index is -1.70. The molecule has 0 amide bonds. The van der Waals surface area contributed by atoms with E-state index in [0.717, 1.165) is 23.5 Å². The van der Waals surface area contributed by atoms with E-state index in [1.807, 2.05) is 0 Å². The molecule has 0 spiro atoms. The summed E-state index contributed by atoms with van der Waals surface area (Å²) in [5.41, 5.74) is 2.88. The van der Waals surface area contributed by atoms with Gasteiger partial charge in [-0.3, -0.25) is 0 Å². The van der Waals surface area contributed by atoms with Crippen LogP contribution in [0.4, 0.5) is 0 Å². The second kappa shape index (κ2) is 12.2. The van der Waals surface area contributed by atoms with Gasteiger partial charge < -0.3 is 0 Å². The zero-order chi connectivity index (χ0) is 19.5. The van der Waals surface area contributed by atoms with Crippen LogP contribution in [0.15, 0.2) is 48.5 Å². The Balaban J connectivity index is 2.46. The van der Waals surface area contributed by atoms with Gasteiger partial charge in [0.15, 0.2) is 0 Å². The molecular weight excluding hydrogens is 476 g/mol. The van der Waals surface area contributed by atoms with E-state index >= 15 is 0 Å². The van der Waals surface area contributed by atoms with Gasteiger partial charge in [0.2, 0.25) is 0 Å². The summed E-state index contributed by atoms with van der Waals surface area (Å²) < 4.78 is 0. The van der Waals surface area contributed by atoms with Gasteiger partial charge >= 0.3 is 0 Å². The van der Waals surface area contributed by atoms with Crippen molar-refractivity contribution < 1.29 is 0 Å². The molecule has 3 heteroatoms. The Morgan fingerprint density at radius 3 is 1.30 bits per heavy atom. The molecule has 0 saturated heterocycles. The van der Waals surface area contributed by atoms with Crippen LogP contribution in [-0.2, 0) is 12.8 Å². The summed E-state index contributed by atoms with van der Waals surface area (Å²) in [6.45, 7) is 4.66. The van der Waals surface area contributed by atoms with Crippen LogP contribution in [0.25, 0.3) is 0 Å². The first-order valence-corrected chi connectivity index (χ1v) is 15.2. The molecule has 0 heterocycles. The van der Waals surface area contributed by atoms with E-state index in [2.05, 4.69) is 94.2 Å². The van der Waals surface area contributed by atoms with E-state index in [-0.39, 0.29) is 0 Å². The summed E-state index contributed by atoms with van der Waals surface area (Å²) in [5.74, 6) is 0. The molecule has 2 aromatic rings. The minimum absolute atomic E-state index is 1.04. The van der Waals surface area contributed by atoms with Crippen molar-refractivity contribution in [1.29, 1.82) is 0 Å². The summed E-state index contributed by atoms with van der Waals surface area (Å²) in [6, 6.07) is 22.1. The van der Waals surface area contributed by atoms with E-state index in [1.165, 1.54) is 48.9 Å². The zero-order valence-electron chi connectivity index (χ0n) is 16.9. The van der Waals surface area contributed by atoms with Crippen LogP contribution in [0.3, 0.4) is 0 Å². The third-order valence-electron chi connectivity index (χ3n) is 5.69. The summed E-state index contributed by atoms with van der Waals surface area (Å²) in [7, 11) is -1.70. The minimum Gasteiger partial charge on any atom is -0.0924 e. The number of halogens is 2. The molecule has 0 bridgehead atoms. The first-order chi connectivity index (χ1) is 13.2. The average Bonchev–Trinajstić information content (AvgIpc) is 2.70. The van der Waals surface area contributed by atoms with Crippen LogP contribution in [0.1, 0.15) is 50.7 Å². The molecule has 27 heavy (non-hydrogen) atoms.